The first-order chi connectivity index (χ1) is 6.38. The third-order valence-electron chi connectivity index (χ3n) is 2.03. The van der Waals surface area contributed by atoms with Crippen molar-refractivity contribution in [2.75, 3.05) is 0 Å². The molecular weight excluding hydrogens is 160 g/mol. The molecule has 70 valence electrons. The Morgan fingerprint density at radius 1 is 1.23 bits per heavy atom. The Balaban J connectivity index is 0.000000396. The summed E-state index contributed by atoms with van der Waals surface area (Å²) in [5.41, 5.74) is 3.54. The third-order valence-corrected chi connectivity index (χ3v) is 2.03. The summed E-state index contributed by atoms with van der Waals surface area (Å²) in [6.07, 6.45) is 8.09. The van der Waals surface area contributed by atoms with E-state index >= 15 is 0 Å². The van der Waals surface area contributed by atoms with Gasteiger partial charge in [0, 0.05) is 5.69 Å². The van der Waals surface area contributed by atoms with E-state index in [-0.39, 0.29) is 0 Å². The van der Waals surface area contributed by atoms with Gasteiger partial charge in [-0.3, -0.25) is 0 Å². The van der Waals surface area contributed by atoms with Crippen LogP contribution in [0.15, 0.2) is 12.4 Å². The van der Waals surface area contributed by atoms with E-state index in [0.717, 1.165) is 24.2 Å². The minimum Gasteiger partial charge on any atom is -0.241 e. The summed E-state index contributed by atoms with van der Waals surface area (Å²) in [4.78, 5) is 8.33. The van der Waals surface area contributed by atoms with Crippen molar-refractivity contribution in [1.29, 1.82) is 0 Å². The minimum atomic E-state index is 1.10. The third kappa shape index (κ3) is 2.14. The van der Waals surface area contributed by atoms with Gasteiger partial charge in [0.05, 0.1) is 5.69 Å². The predicted molar refractivity (Wildman–Crippen MR) is 55.5 cm³/mol. The van der Waals surface area contributed by atoms with Crippen LogP contribution in [0.2, 0.25) is 0 Å². The van der Waals surface area contributed by atoms with Crippen LogP contribution in [-0.2, 0) is 6.42 Å². The Morgan fingerprint density at radius 3 is 2.69 bits per heavy atom. The van der Waals surface area contributed by atoms with Gasteiger partial charge in [-0.1, -0.05) is 19.9 Å². The topological polar surface area (TPSA) is 25.8 Å². The number of nitrogens with zero attached hydrogens (tertiary/aromatic N) is 2. The molecule has 0 aliphatic heterocycles. The van der Waals surface area contributed by atoms with Crippen molar-refractivity contribution in [3.8, 4) is 0 Å². The highest BCUT2D eigenvalue weighted by molar-refractivity contribution is 5.52. The Bertz CT molecular complexity index is 303. The molecule has 0 aromatic carbocycles. The predicted octanol–water partition coefficient (Wildman–Crippen LogP) is 2.77. The summed E-state index contributed by atoms with van der Waals surface area (Å²) >= 11 is 0. The van der Waals surface area contributed by atoms with Gasteiger partial charge in [-0.2, -0.15) is 0 Å². The van der Waals surface area contributed by atoms with E-state index in [2.05, 4.69) is 22.1 Å². The minimum absolute atomic E-state index is 1.10. The summed E-state index contributed by atoms with van der Waals surface area (Å²) < 4.78 is 0. The lowest BCUT2D eigenvalue weighted by Gasteiger charge is -2.09. The maximum Gasteiger partial charge on any atom is 0.116 e. The van der Waals surface area contributed by atoms with Gasteiger partial charge in [0.2, 0.25) is 0 Å². The normalized spacial score (nSPS) is 12.8. The van der Waals surface area contributed by atoms with Crippen molar-refractivity contribution in [1.82, 2.24) is 9.97 Å². The number of aromatic nitrogens is 2. The second kappa shape index (κ2) is 4.75. The first-order valence-corrected chi connectivity index (χ1v) is 4.85. The largest absolute Gasteiger partial charge is 0.241 e. The second-order valence-electron chi connectivity index (χ2n) is 2.76. The van der Waals surface area contributed by atoms with Gasteiger partial charge in [0.1, 0.15) is 6.33 Å². The number of rotatable bonds is 0. The second-order valence-corrected chi connectivity index (χ2v) is 2.76. The van der Waals surface area contributed by atoms with Crippen LogP contribution in [0.5, 0.6) is 0 Å². The molecule has 0 radical (unpaired) electrons. The lowest BCUT2D eigenvalue weighted by molar-refractivity contribution is 0.912. The molecule has 0 unspecified atom stereocenters. The number of hydrogen-bond acceptors (Lipinski definition) is 2. The van der Waals surface area contributed by atoms with Crippen LogP contribution >= 0.6 is 0 Å². The fraction of sp³-hybridized carbons (Fsp3) is 0.455. The van der Waals surface area contributed by atoms with Crippen LogP contribution in [0, 0.1) is 6.92 Å². The molecule has 0 atom stereocenters. The molecule has 1 aliphatic carbocycles. The van der Waals surface area contributed by atoms with Crippen molar-refractivity contribution in [2.45, 2.75) is 33.6 Å². The molecule has 0 saturated carbocycles. The molecule has 1 aliphatic rings. The quantitative estimate of drug-likeness (QED) is 0.607. The fourth-order valence-electron chi connectivity index (χ4n) is 1.39. The molecular formula is C11H16N2. The van der Waals surface area contributed by atoms with Gasteiger partial charge < -0.3 is 0 Å². The lowest BCUT2D eigenvalue weighted by atomic mass is 10.0. The van der Waals surface area contributed by atoms with Crippen molar-refractivity contribution in [3.05, 3.63) is 29.4 Å². The Kier molecular flexibility index (Phi) is 3.62. The van der Waals surface area contributed by atoms with Gasteiger partial charge in [0.25, 0.3) is 0 Å². The van der Waals surface area contributed by atoms with E-state index in [1.54, 1.807) is 6.33 Å². The van der Waals surface area contributed by atoms with Crippen molar-refractivity contribution >= 4 is 6.08 Å². The van der Waals surface area contributed by atoms with Gasteiger partial charge in [0.15, 0.2) is 0 Å². The maximum absolute atomic E-state index is 4.18. The van der Waals surface area contributed by atoms with Crippen LogP contribution in [0.1, 0.15) is 37.2 Å². The summed E-state index contributed by atoms with van der Waals surface area (Å²) in [6.45, 7) is 6.04. The molecule has 0 N–H and O–H groups in total. The van der Waals surface area contributed by atoms with E-state index in [4.69, 9.17) is 0 Å². The molecule has 2 heteroatoms. The average Bonchev–Trinajstić information content (AvgIpc) is 2.22. The number of aryl methyl sites for hydroxylation is 1. The van der Waals surface area contributed by atoms with E-state index in [9.17, 15) is 0 Å². The first-order valence-electron chi connectivity index (χ1n) is 4.85. The van der Waals surface area contributed by atoms with Crippen LogP contribution in [0.4, 0.5) is 0 Å². The van der Waals surface area contributed by atoms with Crippen molar-refractivity contribution in [3.63, 3.8) is 0 Å². The van der Waals surface area contributed by atoms with Gasteiger partial charge in [-0.25, -0.2) is 9.97 Å². The van der Waals surface area contributed by atoms with E-state index in [1.165, 1.54) is 5.56 Å². The maximum atomic E-state index is 4.18. The Morgan fingerprint density at radius 2 is 2.00 bits per heavy atom. The standard InChI is InChI=1S/C9H10N2.C2H6/c1-7-8-4-2-3-5-9(8)11-6-10-7;1-2/h3,5-6H,2,4H2,1H3;1-2H3. The van der Waals surface area contributed by atoms with Crippen LogP contribution < -0.4 is 0 Å². The number of hydrogen-bond donors (Lipinski definition) is 0. The van der Waals surface area contributed by atoms with Crippen LogP contribution in [0.25, 0.3) is 6.08 Å². The molecule has 13 heavy (non-hydrogen) atoms. The zero-order valence-corrected chi connectivity index (χ0v) is 8.54. The molecule has 1 heterocycles. The van der Waals surface area contributed by atoms with Crippen LogP contribution in [-0.4, -0.2) is 9.97 Å². The zero-order valence-electron chi connectivity index (χ0n) is 8.54. The van der Waals surface area contributed by atoms with E-state index in [0.29, 0.717) is 0 Å². The van der Waals surface area contributed by atoms with Gasteiger partial charge in [-0.15, -0.1) is 0 Å². The van der Waals surface area contributed by atoms with E-state index in [1.807, 2.05) is 20.8 Å². The summed E-state index contributed by atoms with van der Waals surface area (Å²) in [7, 11) is 0. The monoisotopic (exact) mass is 176 g/mol. The highest BCUT2D eigenvalue weighted by Gasteiger charge is 2.07. The molecule has 2 rings (SSSR count). The SMILES string of the molecule is CC.Cc1ncnc2c1CCC=C2. The van der Waals surface area contributed by atoms with Gasteiger partial charge in [-0.05, 0) is 31.4 Å². The summed E-state index contributed by atoms with van der Waals surface area (Å²) in [5, 5.41) is 0. The smallest absolute Gasteiger partial charge is 0.116 e. The summed E-state index contributed by atoms with van der Waals surface area (Å²) in [6, 6.07) is 0. The van der Waals surface area contributed by atoms with E-state index < -0.39 is 0 Å². The Hall–Kier alpha value is -1.18. The van der Waals surface area contributed by atoms with Crippen molar-refractivity contribution < 1.29 is 0 Å². The molecule has 0 saturated heterocycles. The van der Waals surface area contributed by atoms with Crippen molar-refractivity contribution in [2.24, 2.45) is 0 Å². The highest BCUT2D eigenvalue weighted by atomic mass is 14.8. The first kappa shape index (κ1) is 9.90. The fourth-order valence-corrected chi connectivity index (χ4v) is 1.39. The average molecular weight is 176 g/mol. The molecule has 0 fully saturated rings. The van der Waals surface area contributed by atoms with Crippen LogP contribution in [0.3, 0.4) is 0 Å². The summed E-state index contributed by atoms with van der Waals surface area (Å²) in [5.74, 6) is 0. The molecule has 0 spiro atoms. The number of fused-ring (bicyclic) bond motifs is 1. The zero-order chi connectivity index (χ0) is 9.68. The Labute approximate surface area is 79.7 Å². The molecule has 1 aromatic heterocycles. The molecule has 1 aromatic rings. The molecule has 2 nitrogen and oxygen atoms in total. The molecule has 0 bridgehead atoms. The highest BCUT2D eigenvalue weighted by Crippen LogP contribution is 2.17. The van der Waals surface area contributed by atoms with Gasteiger partial charge >= 0.3 is 0 Å². The lowest BCUT2D eigenvalue weighted by Crippen LogP contribution is -2.01. The molecule has 0 amide bonds. The number of allylic oxidation sites excluding steroid dienone is 1.